The van der Waals surface area contributed by atoms with Gasteiger partial charge in [-0.25, -0.2) is 15.0 Å². The monoisotopic (exact) mass is 443 g/mol. The highest BCUT2D eigenvalue weighted by molar-refractivity contribution is 5.68. The third-order valence-corrected chi connectivity index (χ3v) is 7.11. The highest BCUT2D eigenvalue weighted by Gasteiger charge is 2.41. The molecule has 0 saturated carbocycles. The summed E-state index contributed by atoms with van der Waals surface area (Å²) in [5.41, 5.74) is 5.32. The van der Waals surface area contributed by atoms with E-state index >= 15 is 0 Å². The van der Waals surface area contributed by atoms with Crippen LogP contribution in [0.2, 0.25) is 0 Å². The van der Waals surface area contributed by atoms with E-state index in [4.69, 9.17) is 9.72 Å². The number of hydrogen-bond donors (Lipinski definition) is 1. The van der Waals surface area contributed by atoms with Gasteiger partial charge in [0.2, 0.25) is 5.95 Å². The molecular formula is C25H29N7O. The molecule has 2 fully saturated rings. The predicted molar refractivity (Wildman–Crippen MR) is 131 cm³/mol. The van der Waals surface area contributed by atoms with Crippen LogP contribution in [-0.2, 0) is 0 Å². The van der Waals surface area contributed by atoms with Crippen molar-refractivity contribution in [3.8, 4) is 17.0 Å². The first-order chi connectivity index (χ1) is 16.0. The number of nitrogens with one attached hydrogen (secondary N) is 1. The third-order valence-electron chi connectivity index (χ3n) is 7.11. The van der Waals surface area contributed by atoms with Crippen molar-refractivity contribution in [1.82, 2.24) is 19.9 Å². The first-order valence-electron chi connectivity index (χ1n) is 11.6. The summed E-state index contributed by atoms with van der Waals surface area (Å²) in [6.07, 6.45) is 4.89. The van der Waals surface area contributed by atoms with Crippen molar-refractivity contribution in [3.63, 3.8) is 0 Å². The van der Waals surface area contributed by atoms with Crippen molar-refractivity contribution in [2.75, 3.05) is 55.5 Å². The third kappa shape index (κ3) is 3.64. The molecule has 8 nitrogen and oxygen atoms in total. The Balaban J connectivity index is 1.21. The van der Waals surface area contributed by atoms with E-state index in [1.807, 2.05) is 25.4 Å². The Kier molecular flexibility index (Phi) is 4.83. The van der Waals surface area contributed by atoms with E-state index in [9.17, 15) is 0 Å². The average Bonchev–Trinajstić information content (AvgIpc) is 3.39. The van der Waals surface area contributed by atoms with Crippen LogP contribution in [0.5, 0.6) is 5.75 Å². The minimum absolute atomic E-state index is 0.567. The lowest BCUT2D eigenvalue weighted by atomic mass is 10.1. The van der Waals surface area contributed by atoms with Crippen LogP contribution in [0.4, 0.5) is 23.1 Å². The highest BCUT2D eigenvalue weighted by Crippen LogP contribution is 2.36. The van der Waals surface area contributed by atoms with Crippen LogP contribution in [-0.4, -0.2) is 72.3 Å². The van der Waals surface area contributed by atoms with E-state index in [1.165, 1.54) is 17.7 Å². The maximum absolute atomic E-state index is 5.80. The number of piperazine rings is 1. The fraction of sp³-hybridized carbons (Fsp3) is 0.400. The van der Waals surface area contributed by atoms with E-state index in [0.717, 1.165) is 48.1 Å². The highest BCUT2D eigenvalue weighted by atomic mass is 16.5. The Morgan fingerprint density at radius 2 is 1.97 bits per heavy atom. The Morgan fingerprint density at radius 1 is 1.06 bits per heavy atom. The molecule has 2 bridgehead atoms. The van der Waals surface area contributed by atoms with E-state index in [1.54, 1.807) is 6.20 Å². The summed E-state index contributed by atoms with van der Waals surface area (Å²) in [6.45, 7) is 5.96. The number of anilines is 4. The number of aryl methyl sites for hydroxylation is 1. The second kappa shape index (κ2) is 7.88. The maximum atomic E-state index is 5.80. The van der Waals surface area contributed by atoms with Gasteiger partial charge in [-0.3, -0.25) is 4.90 Å². The van der Waals surface area contributed by atoms with Crippen LogP contribution in [0.1, 0.15) is 12.0 Å². The number of benzene rings is 1. The summed E-state index contributed by atoms with van der Waals surface area (Å²) in [5.74, 6) is 2.23. The van der Waals surface area contributed by atoms with Gasteiger partial charge in [0.1, 0.15) is 6.61 Å². The zero-order chi connectivity index (χ0) is 22.5. The Hall–Kier alpha value is -3.39. The predicted octanol–water partition coefficient (Wildman–Crippen LogP) is 3.31. The van der Waals surface area contributed by atoms with Crippen molar-refractivity contribution < 1.29 is 4.74 Å². The topological polar surface area (TPSA) is 69.7 Å². The second-order valence-electron chi connectivity index (χ2n) is 9.34. The zero-order valence-corrected chi connectivity index (χ0v) is 19.3. The van der Waals surface area contributed by atoms with Gasteiger partial charge in [0.05, 0.1) is 12.2 Å². The number of pyridine rings is 1. The van der Waals surface area contributed by atoms with Crippen LogP contribution in [0.15, 0.2) is 42.7 Å². The molecule has 3 aliphatic heterocycles. The van der Waals surface area contributed by atoms with Gasteiger partial charge in [0, 0.05) is 61.6 Å². The van der Waals surface area contributed by atoms with Crippen molar-refractivity contribution >= 4 is 23.1 Å². The molecule has 0 amide bonds. The summed E-state index contributed by atoms with van der Waals surface area (Å²) in [6, 6.07) is 11.8. The first kappa shape index (κ1) is 20.2. The number of rotatable bonds is 4. The molecule has 5 heterocycles. The van der Waals surface area contributed by atoms with Gasteiger partial charge >= 0.3 is 0 Å². The summed E-state index contributed by atoms with van der Waals surface area (Å²) >= 11 is 0. The molecule has 1 N–H and O–H groups in total. The molecule has 1 aromatic carbocycles. The summed E-state index contributed by atoms with van der Waals surface area (Å²) in [4.78, 5) is 20.9. The number of likely N-dealkylation sites (N-methyl/N-ethyl adjacent to an activating group) is 2. The number of hydrogen-bond acceptors (Lipinski definition) is 8. The number of likely N-dealkylation sites (tertiary alicyclic amines) is 1. The minimum atomic E-state index is 0.567. The fourth-order valence-corrected chi connectivity index (χ4v) is 5.29. The van der Waals surface area contributed by atoms with Crippen molar-refractivity contribution in [3.05, 3.63) is 48.3 Å². The van der Waals surface area contributed by atoms with Gasteiger partial charge in [-0.2, -0.15) is 0 Å². The summed E-state index contributed by atoms with van der Waals surface area (Å²) in [7, 11) is 4.27. The van der Waals surface area contributed by atoms with Crippen LogP contribution in [0, 0.1) is 6.92 Å². The van der Waals surface area contributed by atoms with Crippen LogP contribution >= 0.6 is 0 Å². The first-order valence-corrected chi connectivity index (χ1v) is 11.6. The van der Waals surface area contributed by atoms with Gasteiger partial charge in [0.15, 0.2) is 11.6 Å². The molecule has 6 rings (SSSR count). The van der Waals surface area contributed by atoms with Crippen molar-refractivity contribution in [2.24, 2.45) is 0 Å². The molecule has 170 valence electrons. The maximum Gasteiger partial charge on any atom is 0.227 e. The Bertz CT molecular complexity index is 1200. The molecular weight excluding hydrogens is 414 g/mol. The molecule has 2 atom stereocenters. The van der Waals surface area contributed by atoms with Gasteiger partial charge in [0.25, 0.3) is 0 Å². The van der Waals surface area contributed by atoms with Gasteiger partial charge in [-0.1, -0.05) is 0 Å². The largest absolute Gasteiger partial charge is 0.488 e. The standard InChI is InChI=1S/C25H29N7O/c1-16-10-18(4-5-22(16)32-15-19-12-20(32)14-31(19)3)28-25-26-7-6-21(29-25)17-11-23-24(27-13-17)30(2)8-9-33-23/h4-7,10-11,13,19-20H,8-9,12,14-15H2,1-3H3,(H,26,28,29). The molecule has 3 aromatic rings. The van der Waals surface area contributed by atoms with Crippen LogP contribution < -0.4 is 19.9 Å². The minimum Gasteiger partial charge on any atom is -0.488 e. The van der Waals surface area contributed by atoms with Gasteiger partial charge < -0.3 is 19.9 Å². The van der Waals surface area contributed by atoms with E-state index in [-0.39, 0.29) is 0 Å². The number of nitrogens with zero attached hydrogens (tertiary/aromatic N) is 6. The fourth-order valence-electron chi connectivity index (χ4n) is 5.29. The smallest absolute Gasteiger partial charge is 0.227 e. The molecule has 0 radical (unpaired) electrons. The lowest BCUT2D eigenvalue weighted by Gasteiger charge is -2.34. The molecule has 2 aromatic heterocycles. The van der Waals surface area contributed by atoms with E-state index in [2.05, 4.69) is 62.2 Å². The normalized spacial score (nSPS) is 21.8. The Labute approximate surface area is 194 Å². The molecule has 0 aliphatic carbocycles. The summed E-state index contributed by atoms with van der Waals surface area (Å²) in [5, 5.41) is 3.37. The number of aromatic nitrogens is 3. The number of fused-ring (bicyclic) bond motifs is 3. The van der Waals surface area contributed by atoms with Crippen molar-refractivity contribution in [2.45, 2.75) is 25.4 Å². The second-order valence-corrected chi connectivity index (χ2v) is 9.34. The lowest BCUT2D eigenvalue weighted by molar-refractivity contribution is 0.292. The molecule has 3 aliphatic rings. The van der Waals surface area contributed by atoms with Crippen LogP contribution in [0.3, 0.4) is 0 Å². The molecule has 0 spiro atoms. The Morgan fingerprint density at radius 3 is 2.76 bits per heavy atom. The SMILES string of the molecule is Cc1cc(Nc2nccc(-c3cnc4c(c3)OCCN4C)n2)ccc1N1CC2CC1CN2C. The quantitative estimate of drug-likeness (QED) is 0.659. The molecule has 2 unspecified atom stereocenters. The van der Waals surface area contributed by atoms with Gasteiger partial charge in [-0.15, -0.1) is 0 Å². The average molecular weight is 444 g/mol. The van der Waals surface area contributed by atoms with E-state index < -0.39 is 0 Å². The zero-order valence-electron chi connectivity index (χ0n) is 19.3. The number of ether oxygens (including phenoxy) is 1. The molecule has 8 heteroatoms. The van der Waals surface area contributed by atoms with E-state index in [0.29, 0.717) is 24.6 Å². The van der Waals surface area contributed by atoms with Gasteiger partial charge in [-0.05, 0) is 56.3 Å². The molecule has 2 saturated heterocycles. The lowest BCUT2D eigenvalue weighted by Crippen LogP contribution is -2.44. The van der Waals surface area contributed by atoms with Crippen LogP contribution in [0.25, 0.3) is 11.3 Å². The molecule has 33 heavy (non-hydrogen) atoms. The summed E-state index contributed by atoms with van der Waals surface area (Å²) < 4.78 is 5.80. The van der Waals surface area contributed by atoms with Crippen molar-refractivity contribution in [1.29, 1.82) is 0 Å².